The molecule has 0 aliphatic rings. The van der Waals surface area contributed by atoms with Gasteiger partial charge in [-0.3, -0.25) is 0 Å². The summed E-state index contributed by atoms with van der Waals surface area (Å²) in [5, 5.41) is 3.39. The zero-order valence-electron chi connectivity index (χ0n) is 24.0. The monoisotopic (exact) mass is 580 g/mol. The molecule has 8 rings (SSSR count). The highest BCUT2D eigenvalue weighted by molar-refractivity contribution is 7.21. The fourth-order valence-corrected chi connectivity index (χ4v) is 6.84. The second-order valence-corrected chi connectivity index (χ2v) is 11.9. The minimum absolute atomic E-state index is 1.04. The summed E-state index contributed by atoms with van der Waals surface area (Å²) in [4.78, 5) is 7.49. The standard InChI is InChI=1S/C41H28N2S/c1-4-10-29(11-5-1)31-16-22-35(23-17-31)43(36-24-18-32(19-25-36)30-12-6-2-7-13-30)37-26-20-33-21-27-39-40(38(33)28-37)42-41(44-39)34-14-8-3-9-15-34/h1-28H. The Labute approximate surface area is 261 Å². The van der Waals surface area contributed by atoms with Crippen LogP contribution >= 0.6 is 11.3 Å². The molecule has 2 nitrogen and oxygen atoms in total. The molecule has 0 spiro atoms. The molecule has 208 valence electrons. The van der Waals surface area contributed by atoms with E-state index in [1.807, 2.05) is 6.07 Å². The molecule has 0 N–H and O–H groups in total. The van der Waals surface area contributed by atoms with Gasteiger partial charge in [-0.25, -0.2) is 4.98 Å². The van der Waals surface area contributed by atoms with E-state index in [2.05, 4.69) is 169 Å². The van der Waals surface area contributed by atoms with Crippen LogP contribution in [0.4, 0.5) is 17.1 Å². The molecular formula is C41H28N2S. The first-order valence-electron chi connectivity index (χ1n) is 14.8. The van der Waals surface area contributed by atoms with E-state index in [0.717, 1.165) is 38.5 Å². The third kappa shape index (κ3) is 4.94. The Morgan fingerprint density at radius 1 is 0.409 bits per heavy atom. The van der Waals surface area contributed by atoms with Gasteiger partial charge in [0.2, 0.25) is 0 Å². The quantitative estimate of drug-likeness (QED) is 0.194. The number of aromatic nitrogens is 1. The SMILES string of the molecule is c1ccc(-c2ccc(N(c3ccc(-c4ccccc4)cc3)c3ccc4ccc5sc(-c6ccccc6)nc5c4c3)cc2)cc1. The molecule has 1 aromatic heterocycles. The lowest BCUT2D eigenvalue weighted by Crippen LogP contribution is -2.09. The molecule has 0 saturated heterocycles. The van der Waals surface area contributed by atoms with Gasteiger partial charge in [0.25, 0.3) is 0 Å². The van der Waals surface area contributed by atoms with Gasteiger partial charge in [-0.1, -0.05) is 127 Å². The Balaban J connectivity index is 1.26. The van der Waals surface area contributed by atoms with Crippen molar-refractivity contribution in [2.75, 3.05) is 4.90 Å². The molecule has 1 heterocycles. The van der Waals surface area contributed by atoms with Gasteiger partial charge in [0.15, 0.2) is 0 Å². The van der Waals surface area contributed by atoms with Crippen molar-refractivity contribution >= 4 is 49.4 Å². The summed E-state index contributed by atoms with van der Waals surface area (Å²) >= 11 is 1.75. The lowest BCUT2D eigenvalue weighted by molar-refractivity contribution is 1.29. The van der Waals surface area contributed by atoms with Crippen LogP contribution < -0.4 is 4.90 Å². The van der Waals surface area contributed by atoms with Crippen molar-refractivity contribution < 1.29 is 0 Å². The number of rotatable bonds is 6. The van der Waals surface area contributed by atoms with E-state index >= 15 is 0 Å². The van der Waals surface area contributed by atoms with Gasteiger partial charge in [0.05, 0.1) is 10.2 Å². The maximum absolute atomic E-state index is 5.15. The molecule has 0 fully saturated rings. The van der Waals surface area contributed by atoms with Crippen LogP contribution in [0.1, 0.15) is 0 Å². The summed E-state index contributed by atoms with van der Waals surface area (Å²) < 4.78 is 1.19. The van der Waals surface area contributed by atoms with E-state index in [4.69, 9.17) is 4.98 Å². The Morgan fingerprint density at radius 2 is 0.864 bits per heavy atom. The smallest absolute Gasteiger partial charge is 0.124 e. The Morgan fingerprint density at radius 3 is 1.41 bits per heavy atom. The van der Waals surface area contributed by atoms with Crippen molar-refractivity contribution in [2.45, 2.75) is 0 Å². The minimum atomic E-state index is 1.04. The summed E-state index contributed by atoms with van der Waals surface area (Å²) in [6.07, 6.45) is 0. The molecule has 8 aromatic rings. The van der Waals surface area contributed by atoms with Crippen LogP contribution in [0, 0.1) is 0 Å². The van der Waals surface area contributed by atoms with Gasteiger partial charge in [-0.15, -0.1) is 11.3 Å². The highest BCUT2D eigenvalue weighted by Crippen LogP contribution is 2.40. The fourth-order valence-electron chi connectivity index (χ4n) is 5.86. The highest BCUT2D eigenvalue weighted by Gasteiger charge is 2.16. The second-order valence-electron chi connectivity index (χ2n) is 10.9. The molecule has 44 heavy (non-hydrogen) atoms. The largest absolute Gasteiger partial charge is 0.310 e. The molecule has 0 saturated carbocycles. The lowest BCUT2D eigenvalue weighted by Gasteiger charge is -2.26. The third-order valence-electron chi connectivity index (χ3n) is 8.10. The van der Waals surface area contributed by atoms with Crippen molar-refractivity contribution in [3.63, 3.8) is 0 Å². The van der Waals surface area contributed by atoms with Crippen molar-refractivity contribution in [3.05, 3.63) is 170 Å². The van der Waals surface area contributed by atoms with Crippen molar-refractivity contribution in [2.24, 2.45) is 0 Å². The molecule has 0 aliphatic carbocycles. The van der Waals surface area contributed by atoms with E-state index < -0.39 is 0 Å². The van der Waals surface area contributed by atoms with Gasteiger partial charge < -0.3 is 4.90 Å². The van der Waals surface area contributed by atoms with Gasteiger partial charge in [-0.05, 0) is 70.1 Å². The number of anilines is 3. The molecule has 0 atom stereocenters. The number of benzene rings is 7. The van der Waals surface area contributed by atoms with Crippen molar-refractivity contribution in [1.82, 2.24) is 4.98 Å². The number of hydrogen-bond acceptors (Lipinski definition) is 3. The Hall–Kier alpha value is -5.51. The third-order valence-corrected chi connectivity index (χ3v) is 9.17. The first-order chi connectivity index (χ1) is 21.8. The number of thiazole rings is 1. The van der Waals surface area contributed by atoms with Crippen LogP contribution in [-0.2, 0) is 0 Å². The Kier molecular flexibility index (Phi) is 6.71. The Bertz CT molecular complexity index is 2100. The summed E-state index contributed by atoms with van der Waals surface area (Å²) in [7, 11) is 0. The van der Waals surface area contributed by atoms with Crippen LogP contribution in [-0.4, -0.2) is 4.98 Å². The zero-order chi connectivity index (χ0) is 29.3. The van der Waals surface area contributed by atoms with Crippen LogP contribution in [0.15, 0.2) is 170 Å². The van der Waals surface area contributed by atoms with E-state index in [1.165, 1.54) is 32.3 Å². The molecule has 0 amide bonds. The van der Waals surface area contributed by atoms with Crippen molar-refractivity contribution in [3.8, 4) is 32.8 Å². The summed E-state index contributed by atoms with van der Waals surface area (Å²) in [5.74, 6) is 0. The van der Waals surface area contributed by atoms with E-state index in [-0.39, 0.29) is 0 Å². The van der Waals surface area contributed by atoms with E-state index in [0.29, 0.717) is 0 Å². The topological polar surface area (TPSA) is 16.1 Å². The van der Waals surface area contributed by atoms with Gasteiger partial charge in [-0.2, -0.15) is 0 Å². The maximum Gasteiger partial charge on any atom is 0.124 e. The molecule has 0 bridgehead atoms. The van der Waals surface area contributed by atoms with Gasteiger partial charge in [0, 0.05) is 28.0 Å². The molecule has 7 aromatic carbocycles. The highest BCUT2D eigenvalue weighted by atomic mass is 32.1. The minimum Gasteiger partial charge on any atom is -0.310 e. The predicted molar refractivity (Wildman–Crippen MR) is 188 cm³/mol. The van der Waals surface area contributed by atoms with Crippen LogP contribution in [0.2, 0.25) is 0 Å². The van der Waals surface area contributed by atoms with Gasteiger partial charge >= 0.3 is 0 Å². The average Bonchev–Trinajstić information content (AvgIpc) is 3.56. The fraction of sp³-hybridized carbons (Fsp3) is 0. The first-order valence-corrected chi connectivity index (χ1v) is 15.6. The van der Waals surface area contributed by atoms with E-state index in [9.17, 15) is 0 Å². The predicted octanol–water partition coefficient (Wildman–Crippen LogP) is 11.9. The molecule has 0 radical (unpaired) electrons. The summed E-state index contributed by atoms with van der Waals surface area (Å²) in [6.45, 7) is 0. The molecular weight excluding hydrogens is 553 g/mol. The van der Waals surface area contributed by atoms with E-state index in [1.54, 1.807) is 11.3 Å². The molecule has 3 heteroatoms. The maximum atomic E-state index is 5.15. The number of fused-ring (bicyclic) bond motifs is 3. The lowest BCUT2D eigenvalue weighted by atomic mass is 10.0. The first kappa shape index (κ1) is 26.1. The van der Waals surface area contributed by atoms with Crippen molar-refractivity contribution in [1.29, 1.82) is 0 Å². The van der Waals surface area contributed by atoms with Crippen LogP contribution in [0.5, 0.6) is 0 Å². The summed E-state index contributed by atoms with van der Waals surface area (Å²) in [6, 6.07) is 60.4. The zero-order valence-corrected chi connectivity index (χ0v) is 24.8. The average molecular weight is 581 g/mol. The molecule has 0 aliphatic heterocycles. The second kappa shape index (κ2) is 11.3. The normalized spacial score (nSPS) is 11.2. The summed E-state index contributed by atoms with van der Waals surface area (Å²) in [5.41, 5.74) is 10.3. The van der Waals surface area contributed by atoms with Gasteiger partial charge in [0.1, 0.15) is 5.01 Å². The van der Waals surface area contributed by atoms with Crippen LogP contribution in [0.3, 0.4) is 0 Å². The molecule has 0 unspecified atom stereocenters. The van der Waals surface area contributed by atoms with Crippen LogP contribution in [0.25, 0.3) is 53.8 Å². The number of hydrogen-bond donors (Lipinski definition) is 0. The number of nitrogens with zero attached hydrogens (tertiary/aromatic N) is 2.